The lowest BCUT2D eigenvalue weighted by molar-refractivity contribution is 0.0950. The van der Waals surface area contributed by atoms with Gasteiger partial charge in [0.15, 0.2) is 0 Å². The van der Waals surface area contributed by atoms with Gasteiger partial charge in [0.1, 0.15) is 0 Å². The molecule has 0 bridgehead atoms. The Balaban J connectivity index is 1.78. The molecule has 1 aliphatic rings. The number of nitrogens with one attached hydrogen (secondary N) is 1. The highest BCUT2D eigenvalue weighted by Gasteiger charge is 2.14. The van der Waals surface area contributed by atoms with Crippen molar-refractivity contribution in [1.82, 2.24) is 5.32 Å². The number of halogens is 2. The molecule has 19 heavy (non-hydrogen) atoms. The van der Waals surface area contributed by atoms with Crippen molar-refractivity contribution in [1.29, 1.82) is 0 Å². The van der Waals surface area contributed by atoms with Crippen molar-refractivity contribution in [2.75, 3.05) is 6.54 Å². The Kier molecular flexibility index (Phi) is 5.71. The Morgan fingerprint density at radius 3 is 2.74 bits per heavy atom. The first kappa shape index (κ1) is 14.9. The van der Waals surface area contributed by atoms with E-state index in [0.29, 0.717) is 10.6 Å². The van der Waals surface area contributed by atoms with E-state index in [0.717, 1.165) is 23.4 Å². The molecule has 0 unspecified atom stereocenters. The first-order valence-corrected chi connectivity index (χ1v) is 8.07. The van der Waals surface area contributed by atoms with Crippen LogP contribution < -0.4 is 5.32 Å². The zero-order valence-electron chi connectivity index (χ0n) is 10.9. The third-order valence-corrected chi connectivity index (χ3v) is 4.96. The Bertz CT molecular complexity index is 444. The summed E-state index contributed by atoms with van der Waals surface area (Å²) in [5.41, 5.74) is 0.653. The lowest BCUT2D eigenvalue weighted by Crippen LogP contribution is -2.26. The van der Waals surface area contributed by atoms with Crippen LogP contribution in [0.3, 0.4) is 0 Å². The topological polar surface area (TPSA) is 29.1 Å². The maximum Gasteiger partial charge on any atom is 0.251 e. The molecule has 1 aromatic rings. The molecule has 1 aliphatic carbocycles. The van der Waals surface area contributed by atoms with Gasteiger partial charge < -0.3 is 5.32 Å². The van der Waals surface area contributed by atoms with E-state index in [2.05, 4.69) is 21.2 Å². The van der Waals surface area contributed by atoms with Crippen molar-refractivity contribution >= 4 is 33.4 Å². The lowest BCUT2D eigenvalue weighted by atomic mass is 9.87. The molecule has 0 spiro atoms. The molecule has 0 atom stereocenters. The van der Waals surface area contributed by atoms with Gasteiger partial charge in [0, 0.05) is 16.6 Å². The van der Waals surface area contributed by atoms with Crippen LogP contribution in [0.4, 0.5) is 0 Å². The summed E-state index contributed by atoms with van der Waals surface area (Å²) >= 11 is 9.25. The highest BCUT2D eigenvalue weighted by Crippen LogP contribution is 2.26. The monoisotopic (exact) mass is 343 g/mol. The number of amides is 1. The summed E-state index contributed by atoms with van der Waals surface area (Å²) < 4.78 is 0.758. The molecule has 1 N–H and O–H groups in total. The van der Waals surface area contributed by atoms with Crippen molar-refractivity contribution < 1.29 is 4.79 Å². The molecule has 0 saturated heterocycles. The van der Waals surface area contributed by atoms with E-state index in [1.54, 1.807) is 18.2 Å². The van der Waals surface area contributed by atoms with Gasteiger partial charge in [-0.05, 0) is 46.5 Å². The molecular formula is C15H19BrClNO. The van der Waals surface area contributed by atoms with Gasteiger partial charge in [-0.15, -0.1) is 0 Å². The highest BCUT2D eigenvalue weighted by molar-refractivity contribution is 9.10. The largest absolute Gasteiger partial charge is 0.352 e. The zero-order valence-corrected chi connectivity index (χ0v) is 13.3. The summed E-state index contributed by atoms with van der Waals surface area (Å²) in [6.07, 6.45) is 7.82. The first-order chi connectivity index (χ1) is 9.16. The van der Waals surface area contributed by atoms with Crippen LogP contribution in [0, 0.1) is 5.92 Å². The Hall–Kier alpha value is -0.540. The summed E-state index contributed by atoms with van der Waals surface area (Å²) in [5.74, 6) is 0.777. The molecule has 1 amide bonds. The lowest BCUT2D eigenvalue weighted by Gasteiger charge is -2.21. The van der Waals surface area contributed by atoms with Gasteiger partial charge in [-0.2, -0.15) is 0 Å². The molecule has 2 rings (SSSR count). The predicted molar refractivity (Wildman–Crippen MR) is 82.7 cm³/mol. The van der Waals surface area contributed by atoms with Gasteiger partial charge in [-0.25, -0.2) is 0 Å². The van der Waals surface area contributed by atoms with Crippen molar-refractivity contribution in [3.8, 4) is 0 Å². The summed E-state index contributed by atoms with van der Waals surface area (Å²) in [6.45, 7) is 0.768. The van der Waals surface area contributed by atoms with Crippen LogP contribution in [0.1, 0.15) is 48.9 Å². The van der Waals surface area contributed by atoms with E-state index in [-0.39, 0.29) is 5.91 Å². The number of carbonyl (C=O) groups is 1. The van der Waals surface area contributed by atoms with Crippen LogP contribution in [-0.4, -0.2) is 12.5 Å². The van der Waals surface area contributed by atoms with Crippen LogP contribution >= 0.6 is 27.5 Å². The van der Waals surface area contributed by atoms with Gasteiger partial charge in [0.25, 0.3) is 5.91 Å². The number of hydrogen-bond acceptors (Lipinski definition) is 1. The molecule has 1 aromatic carbocycles. The average molecular weight is 345 g/mol. The van der Waals surface area contributed by atoms with Crippen LogP contribution in [0.2, 0.25) is 5.02 Å². The van der Waals surface area contributed by atoms with Crippen molar-refractivity contribution in [3.05, 3.63) is 33.3 Å². The Labute approximate surface area is 128 Å². The van der Waals surface area contributed by atoms with E-state index in [4.69, 9.17) is 11.6 Å². The SMILES string of the molecule is O=C(NCCC1CCCCC1)c1ccc(Cl)c(Br)c1. The highest BCUT2D eigenvalue weighted by atomic mass is 79.9. The van der Waals surface area contributed by atoms with E-state index in [9.17, 15) is 4.79 Å². The van der Waals surface area contributed by atoms with E-state index in [1.807, 2.05) is 0 Å². The molecule has 4 heteroatoms. The molecule has 2 nitrogen and oxygen atoms in total. The van der Waals surface area contributed by atoms with E-state index in [1.165, 1.54) is 32.1 Å². The number of hydrogen-bond donors (Lipinski definition) is 1. The minimum atomic E-state index is -0.0202. The molecule has 0 radical (unpaired) electrons. The third kappa shape index (κ3) is 4.50. The quantitative estimate of drug-likeness (QED) is 0.835. The molecule has 104 valence electrons. The van der Waals surface area contributed by atoms with Gasteiger partial charge in [-0.1, -0.05) is 43.7 Å². The first-order valence-electron chi connectivity index (χ1n) is 6.90. The number of benzene rings is 1. The number of rotatable bonds is 4. The fraction of sp³-hybridized carbons (Fsp3) is 0.533. The second-order valence-corrected chi connectivity index (χ2v) is 6.44. The second kappa shape index (κ2) is 7.30. The van der Waals surface area contributed by atoms with Gasteiger partial charge in [-0.3, -0.25) is 4.79 Å². The predicted octanol–water partition coefficient (Wildman–Crippen LogP) is 4.80. The number of carbonyl (C=O) groups excluding carboxylic acids is 1. The maximum absolute atomic E-state index is 12.0. The van der Waals surface area contributed by atoms with Crippen LogP contribution in [0.15, 0.2) is 22.7 Å². The standard InChI is InChI=1S/C15H19BrClNO/c16-13-10-12(6-7-14(13)17)15(19)18-9-8-11-4-2-1-3-5-11/h6-7,10-11H,1-5,8-9H2,(H,18,19). The fourth-order valence-corrected chi connectivity index (χ4v) is 3.10. The van der Waals surface area contributed by atoms with Gasteiger partial charge >= 0.3 is 0 Å². The van der Waals surface area contributed by atoms with Gasteiger partial charge in [0.05, 0.1) is 5.02 Å². The molecule has 0 aromatic heterocycles. The zero-order chi connectivity index (χ0) is 13.7. The average Bonchev–Trinajstić information content (AvgIpc) is 2.43. The summed E-state index contributed by atoms with van der Waals surface area (Å²) in [6, 6.07) is 5.25. The van der Waals surface area contributed by atoms with Crippen molar-refractivity contribution in [2.24, 2.45) is 5.92 Å². The summed E-state index contributed by atoms with van der Waals surface area (Å²) in [5, 5.41) is 3.61. The smallest absolute Gasteiger partial charge is 0.251 e. The Morgan fingerprint density at radius 1 is 1.32 bits per heavy atom. The van der Waals surface area contributed by atoms with E-state index < -0.39 is 0 Å². The normalized spacial score (nSPS) is 16.3. The molecule has 0 heterocycles. The van der Waals surface area contributed by atoms with Crippen LogP contribution in [0.5, 0.6) is 0 Å². The van der Waals surface area contributed by atoms with Crippen molar-refractivity contribution in [3.63, 3.8) is 0 Å². The van der Waals surface area contributed by atoms with Crippen molar-refractivity contribution in [2.45, 2.75) is 38.5 Å². The van der Waals surface area contributed by atoms with E-state index >= 15 is 0 Å². The molecule has 1 saturated carbocycles. The summed E-state index contributed by atoms with van der Waals surface area (Å²) in [7, 11) is 0. The Morgan fingerprint density at radius 2 is 2.05 bits per heavy atom. The summed E-state index contributed by atoms with van der Waals surface area (Å²) in [4.78, 5) is 12.0. The fourth-order valence-electron chi connectivity index (χ4n) is 2.61. The minimum Gasteiger partial charge on any atom is -0.352 e. The molecular weight excluding hydrogens is 326 g/mol. The minimum absolute atomic E-state index is 0.0202. The van der Waals surface area contributed by atoms with Crippen LogP contribution in [0.25, 0.3) is 0 Å². The van der Waals surface area contributed by atoms with Gasteiger partial charge in [0.2, 0.25) is 0 Å². The maximum atomic E-state index is 12.0. The second-order valence-electron chi connectivity index (χ2n) is 5.18. The third-order valence-electron chi connectivity index (χ3n) is 3.74. The van der Waals surface area contributed by atoms with Crippen LogP contribution in [-0.2, 0) is 0 Å². The molecule has 0 aliphatic heterocycles. The molecule has 1 fully saturated rings.